The molecule has 7 nitrogen and oxygen atoms in total. The van der Waals surface area contributed by atoms with Crippen molar-refractivity contribution in [2.75, 3.05) is 24.0 Å². The number of anilines is 1. The highest BCUT2D eigenvalue weighted by Gasteiger charge is 2.37. The summed E-state index contributed by atoms with van der Waals surface area (Å²) in [6, 6.07) is 18.7. The van der Waals surface area contributed by atoms with Crippen molar-refractivity contribution in [3.8, 4) is 11.5 Å². The summed E-state index contributed by atoms with van der Waals surface area (Å²) in [6.07, 6.45) is -1.01. The monoisotopic (exact) mass is 500 g/mol. The Kier molecular flexibility index (Phi) is 7.00. The maximum Gasteiger partial charge on any atom is 0.264 e. The summed E-state index contributed by atoms with van der Waals surface area (Å²) in [7, 11) is -3.89. The van der Waals surface area contributed by atoms with Gasteiger partial charge in [0.15, 0.2) is 6.10 Å². The number of hydrogen-bond donors (Lipinski definition) is 1. The van der Waals surface area contributed by atoms with Crippen LogP contribution >= 0.6 is 11.6 Å². The van der Waals surface area contributed by atoms with Gasteiger partial charge in [0, 0.05) is 5.02 Å². The smallest absolute Gasteiger partial charge is 0.264 e. The lowest BCUT2D eigenvalue weighted by atomic mass is 10.1. The molecule has 3 aromatic rings. The zero-order valence-electron chi connectivity index (χ0n) is 18.8. The van der Waals surface area contributed by atoms with Crippen LogP contribution in [0.1, 0.15) is 11.1 Å². The Morgan fingerprint density at radius 3 is 2.62 bits per heavy atom. The summed E-state index contributed by atoms with van der Waals surface area (Å²) in [6.45, 7) is 4.07. The Bertz CT molecular complexity index is 1300. The minimum atomic E-state index is -3.89. The van der Waals surface area contributed by atoms with Crippen molar-refractivity contribution in [2.24, 2.45) is 0 Å². The van der Waals surface area contributed by atoms with E-state index in [0.717, 1.165) is 11.1 Å². The normalized spacial score (nSPS) is 15.3. The van der Waals surface area contributed by atoms with E-state index in [-0.39, 0.29) is 24.6 Å². The number of nitrogens with zero attached hydrogens (tertiary/aromatic N) is 1. The zero-order chi connectivity index (χ0) is 24.3. The van der Waals surface area contributed by atoms with Crippen LogP contribution in [-0.4, -0.2) is 40.1 Å². The van der Waals surface area contributed by atoms with E-state index in [0.29, 0.717) is 22.2 Å². The number of carbonyl (C=O) groups is 1. The van der Waals surface area contributed by atoms with Gasteiger partial charge in [0.05, 0.1) is 23.7 Å². The van der Waals surface area contributed by atoms with Crippen LogP contribution in [0.2, 0.25) is 5.02 Å². The van der Waals surface area contributed by atoms with E-state index < -0.39 is 22.0 Å². The Morgan fingerprint density at radius 2 is 1.88 bits per heavy atom. The number of sulfonamides is 1. The first-order chi connectivity index (χ1) is 16.3. The van der Waals surface area contributed by atoms with Crippen LogP contribution in [0.25, 0.3) is 0 Å². The van der Waals surface area contributed by atoms with Gasteiger partial charge in [0.1, 0.15) is 18.1 Å². The molecule has 0 saturated carbocycles. The third-order valence-electron chi connectivity index (χ3n) is 5.42. The van der Waals surface area contributed by atoms with Crippen LogP contribution in [0.5, 0.6) is 11.5 Å². The number of ether oxygens (including phenoxy) is 2. The van der Waals surface area contributed by atoms with E-state index in [9.17, 15) is 13.2 Å². The molecule has 1 heterocycles. The van der Waals surface area contributed by atoms with E-state index in [1.54, 1.807) is 42.5 Å². The molecule has 9 heteroatoms. The molecule has 178 valence electrons. The number of benzene rings is 3. The van der Waals surface area contributed by atoms with Gasteiger partial charge in [-0.3, -0.25) is 9.10 Å². The van der Waals surface area contributed by atoms with Crippen LogP contribution in [0.15, 0.2) is 71.6 Å². The van der Waals surface area contributed by atoms with E-state index in [2.05, 4.69) is 5.32 Å². The van der Waals surface area contributed by atoms with Crippen LogP contribution < -0.4 is 19.1 Å². The van der Waals surface area contributed by atoms with E-state index >= 15 is 0 Å². The zero-order valence-corrected chi connectivity index (χ0v) is 20.4. The quantitative estimate of drug-likeness (QED) is 0.493. The molecule has 0 spiro atoms. The lowest BCUT2D eigenvalue weighted by molar-refractivity contribution is -0.127. The molecule has 1 atom stereocenters. The fraction of sp³-hybridized carbons (Fsp3) is 0.240. The van der Waals surface area contributed by atoms with Gasteiger partial charge in [-0.2, -0.15) is 0 Å². The highest BCUT2D eigenvalue weighted by Crippen LogP contribution is 2.37. The van der Waals surface area contributed by atoms with E-state index in [1.165, 1.54) is 16.4 Å². The van der Waals surface area contributed by atoms with Gasteiger partial charge in [-0.1, -0.05) is 41.9 Å². The van der Waals surface area contributed by atoms with Gasteiger partial charge >= 0.3 is 0 Å². The number of rotatable bonds is 7. The van der Waals surface area contributed by atoms with Crippen molar-refractivity contribution in [2.45, 2.75) is 24.8 Å². The van der Waals surface area contributed by atoms with Gasteiger partial charge in [-0.25, -0.2) is 8.42 Å². The first-order valence-electron chi connectivity index (χ1n) is 10.8. The second-order valence-corrected chi connectivity index (χ2v) is 10.2. The summed E-state index contributed by atoms with van der Waals surface area (Å²) >= 11 is 6.11. The molecular weight excluding hydrogens is 476 g/mol. The molecule has 3 aromatic carbocycles. The van der Waals surface area contributed by atoms with Crippen LogP contribution in [0, 0.1) is 13.8 Å². The van der Waals surface area contributed by atoms with Crippen molar-refractivity contribution in [1.29, 1.82) is 0 Å². The molecule has 1 unspecified atom stereocenters. The lowest BCUT2D eigenvalue weighted by Gasteiger charge is -2.35. The average molecular weight is 501 g/mol. The maximum atomic E-state index is 13.4. The van der Waals surface area contributed by atoms with Crippen LogP contribution in [-0.2, 0) is 14.8 Å². The Balaban J connectivity index is 1.47. The van der Waals surface area contributed by atoms with Gasteiger partial charge in [-0.15, -0.1) is 0 Å². The first-order valence-corrected chi connectivity index (χ1v) is 12.6. The van der Waals surface area contributed by atoms with Gasteiger partial charge in [0.25, 0.3) is 15.9 Å². The number of fused-ring (bicyclic) bond motifs is 1. The second kappa shape index (κ2) is 9.95. The Labute approximate surface area is 204 Å². The number of amides is 1. The topological polar surface area (TPSA) is 84.9 Å². The lowest BCUT2D eigenvalue weighted by Crippen LogP contribution is -2.51. The molecule has 4 rings (SSSR count). The van der Waals surface area contributed by atoms with Crippen molar-refractivity contribution in [3.05, 3.63) is 82.9 Å². The molecule has 34 heavy (non-hydrogen) atoms. The standard InChI is InChI=1S/C25H25ClN2O5S/c1-17-8-11-22-23(14-17)33-24(16-28(22)34(30,31)20-6-4-3-5-7-20)25(29)27-12-13-32-19-10-9-18(2)21(26)15-19/h3-11,14-15,24H,12-13,16H2,1-2H3,(H,27,29). The predicted molar refractivity (Wildman–Crippen MR) is 131 cm³/mol. The van der Waals surface area contributed by atoms with E-state index in [1.807, 2.05) is 26.0 Å². The fourth-order valence-electron chi connectivity index (χ4n) is 3.57. The molecule has 0 aromatic heterocycles. The third-order valence-corrected chi connectivity index (χ3v) is 7.62. The SMILES string of the molecule is Cc1ccc2c(c1)OC(C(=O)NCCOc1ccc(C)c(Cl)c1)CN2S(=O)(=O)c1ccccc1. The van der Waals surface area contributed by atoms with Crippen LogP contribution in [0.4, 0.5) is 5.69 Å². The minimum Gasteiger partial charge on any atom is -0.492 e. The molecule has 1 aliphatic rings. The molecule has 0 saturated heterocycles. The summed E-state index contributed by atoms with van der Waals surface area (Å²) in [5.41, 5.74) is 2.24. The fourth-order valence-corrected chi connectivity index (χ4v) is 5.23. The van der Waals surface area contributed by atoms with Gasteiger partial charge < -0.3 is 14.8 Å². The van der Waals surface area contributed by atoms with E-state index in [4.69, 9.17) is 21.1 Å². The summed E-state index contributed by atoms with van der Waals surface area (Å²) in [5.74, 6) is 0.519. The maximum absolute atomic E-state index is 13.4. The summed E-state index contributed by atoms with van der Waals surface area (Å²) in [5, 5.41) is 3.37. The van der Waals surface area contributed by atoms with Crippen molar-refractivity contribution < 1.29 is 22.7 Å². The molecule has 1 amide bonds. The minimum absolute atomic E-state index is 0.145. The highest BCUT2D eigenvalue weighted by molar-refractivity contribution is 7.92. The molecule has 0 bridgehead atoms. The Morgan fingerprint density at radius 1 is 1.12 bits per heavy atom. The molecular formula is C25H25ClN2O5S. The number of nitrogens with one attached hydrogen (secondary N) is 1. The molecule has 0 fully saturated rings. The van der Waals surface area contributed by atoms with Gasteiger partial charge in [0.2, 0.25) is 0 Å². The average Bonchev–Trinajstić information content (AvgIpc) is 2.83. The van der Waals surface area contributed by atoms with Crippen molar-refractivity contribution in [3.63, 3.8) is 0 Å². The van der Waals surface area contributed by atoms with Crippen molar-refractivity contribution >= 4 is 33.2 Å². The largest absolute Gasteiger partial charge is 0.492 e. The number of carbonyl (C=O) groups excluding carboxylic acids is 1. The first kappa shape index (κ1) is 23.9. The van der Waals surface area contributed by atoms with Crippen molar-refractivity contribution in [1.82, 2.24) is 5.32 Å². The highest BCUT2D eigenvalue weighted by atomic mass is 35.5. The molecule has 1 aliphatic heterocycles. The Hall–Kier alpha value is -3.23. The molecule has 0 aliphatic carbocycles. The summed E-state index contributed by atoms with van der Waals surface area (Å²) in [4.78, 5) is 13.0. The third kappa shape index (κ3) is 5.13. The summed E-state index contributed by atoms with van der Waals surface area (Å²) < 4.78 is 39.5. The predicted octanol–water partition coefficient (Wildman–Crippen LogP) is 4.11. The number of halogens is 1. The number of hydrogen-bond acceptors (Lipinski definition) is 5. The molecule has 1 N–H and O–H groups in total. The molecule has 0 radical (unpaired) electrons. The number of aryl methyl sites for hydroxylation is 2. The van der Waals surface area contributed by atoms with Gasteiger partial charge in [-0.05, 0) is 61.4 Å². The van der Waals surface area contributed by atoms with Crippen LogP contribution in [0.3, 0.4) is 0 Å². The second-order valence-electron chi connectivity index (χ2n) is 7.98.